The van der Waals surface area contributed by atoms with Crippen molar-refractivity contribution in [3.8, 4) is 0 Å². The third-order valence-electron chi connectivity index (χ3n) is 3.20. The van der Waals surface area contributed by atoms with Gasteiger partial charge in [0.15, 0.2) is 0 Å². The number of anilines is 1. The summed E-state index contributed by atoms with van der Waals surface area (Å²) in [7, 11) is 0. The highest BCUT2D eigenvalue weighted by atomic mass is 35.5. The van der Waals surface area contributed by atoms with E-state index in [0.29, 0.717) is 35.6 Å². The smallest absolute Gasteiger partial charge is 0.360 e. The highest BCUT2D eigenvalue weighted by Gasteiger charge is 2.35. The van der Waals surface area contributed by atoms with Crippen molar-refractivity contribution in [2.75, 3.05) is 17.7 Å². The molecule has 0 radical (unpaired) electrons. The highest BCUT2D eigenvalue weighted by molar-refractivity contribution is 7.15. The van der Waals surface area contributed by atoms with E-state index in [1.54, 1.807) is 0 Å². The number of rotatable bonds is 4. The lowest BCUT2D eigenvalue weighted by molar-refractivity contribution is -0.138. The molecule has 0 aliphatic heterocycles. The van der Waals surface area contributed by atoms with Gasteiger partial charge in [0, 0.05) is 12.4 Å². The molecule has 2 atom stereocenters. The fourth-order valence-electron chi connectivity index (χ4n) is 2.21. The Hall–Kier alpha value is -0.560. The van der Waals surface area contributed by atoms with Crippen molar-refractivity contribution in [3.05, 3.63) is 5.01 Å². The molecule has 18 heavy (non-hydrogen) atoms. The summed E-state index contributed by atoms with van der Waals surface area (Å²) in [5.41, 5.74) is 0. The lowest BCUT2D eigenvalue weighted by atomic mass is 9.98. The summed E-state index contributed by atoms with van der Waals surface area (Å²) >= 11 is 6.39. The molecule has 1 saturated carbocycles. The van der Waals surface area contributed by atoms with Gasteiger partial charge in [-0.15, -0.1) is 21.8 Å². The minimum atomic E-state index is -4.41. The number of halogens is 4. The van der Waals surface area contributed by atoms with E-state index in [1.165, 1.54) is 0 Å². The first kappa shape index (κ1) is 13.9. The molecule has 1 heterocycles. The van der Waals surface area contributed by atoms with E-state index in [2.05, 4.69) is 15.5 Å². The highest BCUT2D eigenvalue weighted by Crippen LogP contribution is 2.35. The second kappa shape index (κ2) is 5.61. The van der Waals surface area contributed by atoms with Crippen molar-refractivity contribution < 1.29 is 13.2 Å². The van der Waals surface area contributed by atoms with Gasteiger partial charge in [0.05, 0.1) is 0 Å². The summed E-state index contributed by atoms with van der Waals surface area (Å²) in [6.45, 7) is 0.615. The standard InChI is InChI=1S/C10H13ClF3N3S/c11-4-6-2-1-3-7(6)5-15-9-17-16-8(18-9)10(12,13)14/h6-7H,1-5H2,(H,15,17). The Balaban J connectivity index is 1.89. The zero-order valence-corrected chi connectivity index (χ0v) is 11.1. The van der Waals surface area contributed by atoms with Crippen LogP contribution in [0, 0.1) is 11.8 Å². The van der Waals surface area contributed by atoms with Crippen molar-refractivity contribution in [3.63, 3.8) is 0 Å². The Morgan fingerprint density at radius 3 is 2.61 bits per heavy atom. The molecule has 2 rings (SSSR count). The fourth-order valence-corrected chi connectivity index (χ4v) is 3.24. The molecule has 2 unspecified atom stereocenters. The van der Waals surface area contributed by atoms with Gasteiger partial charge < -0.3 is 5.32 Å². The number of hydrogen-bond acceptors (Lipinski definition) is 4. The number of hydrogen-bond donors (Lipinski definition) is 1. The summed E-state index contributed by atoms with van der Waals surface area (Å²) in [5.74, 6) is 1.48. The largest absolute Gasteiger partial charge is 0.445 e. The van der Waals surface area contributed by atoms with Crippen molar-refractivity contribution in [1.82, 2.24) is 10.2 Å². The predicted octanol–water partition coefficient (Wildman–Crippen LogP) is 3.62. The van der Waals surface area contributed by atoms with Gasteiger partial charge in [0.25, 0.3) is 0 Å². The second-order valence-electron chi connectivity index (χ2n) is 4.40. The van der Waals surface area contributed by atoms with E-state index < -0.39 is 11.2 Å². The van der Waals surface area contributed by atoms with Crippen molar-refractivity contribution in [1.29, 1.82) is 0 Å². The zero-order valence-electron chi connectivity index (χ0n) is 9.50. The quantitative estimate of drug-likeness (QED) is 0.863. The van der Waals surface area contributed by atoms with Gasteiger partial charge >= 0.3 is 6.18 Å². The molecular weight excluding hydrogens is 287 g/mol. The van der Waals surface area contributed by atoms with Crippen molar-refractivity contribution >= 4 is 28.1 Å². The van der Waals surface area contributed by atoms with Crippen LogP contribution in [-0.2, 0) is 6.18 Å². The Morgan fingerprint density at radius 2 is 2.00 bits per heavy atom. The van der Waals surface area contributed by atoms with Crippen molar-refractivity contribution in [2.24, 2.45) is 11.8 Å². The van der Waals surface area contributed by atoms with Crippen LogP contribution in [0.1, 0.15) is 24.3 Å². The van der Waals surface area contributed by atoms with Crippen LogP contribution in [0.3, 0.4) is 0 Å². The van der Waals surface area contributed by atoms with Crippen LogP contribution in [0.25, 0.3) is 0 Å². The predicted molar refractivity (Wildman–Crippen MR) is 65.0 cm³/mol. The summed E-state index contributed by atoms with van der Waals surface area (Å²) in [4.78, 5) is 0. The molecule has 0 bridgehead atoms. The van der Waals surface area contributed by atoms with E-state index in [0.717, 1.165) is 19.3 Å². The van der Waals surface area contributed by atoms with Gasteiger partial charge in [-0.2, -0.15) is 13.2 Å². The SMILES string of the molecule is FC(F)(F)c1nnc(NCC2CCCC2CCl)s1. The maximum absolute atomic E-state index is 12.3. The molecule has 8 heteroatoms. The van der Waals surface area contributed by atoms with Gasteiger partial charge in [-0.05, 0) is 24.7 Å². The summed E-state index contributed by atoms with van der Waals surface area (Å²) in [6, 6.07) is 0. The minimum Gasteiger partial charge on any atom is -0.360 e. The third kappa shape index (κ3) is 3.26. The van der Waals surface area contributed by atoms with Crippen molar-refractivity contribution in [2.45, 2.75) is 25.4 Å². The first-order valence-electron chi connectivity index (χ1n) is 5.71. The Labute approximate surface area is 112 Å². The summed E-state index contributed by atoms with van der Waals surface area (Å²) in [5, 5.41) is 8.87. The van der Waals surface area contributed by atoms with Crippen LogP contribution in [0.4, 0.5) is 18.3 Å². The first-order chi connectivity index (χ1) is 8.50. The van der Waals surface area contributed by atoms with Crippen LogP contribution in [0.15, 0.2) is 0 Å². The van der Waals surface area contributed by atoms with Crippen LogP contribution in [-0.4, -0.2) is 22.6 Å². The lowest BCUT2D eigenvalue weighted by Crippen LogP contribution is -2.19. The topological polar surface area (TPSA) is 37.8 Å². The van der Waals surface area contributed by atoms with E-state index in [1.807, 2.05) is 0 Å². The second-order valence-corrected chi connectivity index (χ2v) is 5.68. The summed E-state index contributed by atoms with van der Waals surface area (Å²) < 4.78 is 37.0. The molecule has 102 valence electrons. The molecule has 3 nitrogen and oxygen atoms in total. The molecule has 1 aromatic heterocycles. The maximum Gasteiger partial charge on any atom is 0.445 e. The molecular formula is C10H13ClF3N3S. The van der Waals surface area contributed by atoms with E-state index in [-0.39, 0.29) is 5.13 Å². The van der Waals surface area contributed by atoms with Gasteiger partial charge in [0.1, 0.15) is 0 Å². The van der Waals surface area contributed by atoms with E-state index in [4.69, 9.17) is 11.6 Å². The van der Waals surface area contributed by atoms with Gasteiger partial charge in [-0.3, -0.25) is 0 Å². The Bertz CT molecular complexity index is 396. The molecule has 0 aromatic carbocycles. The van der Waals surface area contributed by atoms with Crippen LogP contribution in [0.2, 0.25) is 0 Å². The third-order valence-corrected chi connectivity index (χ3v) is 4.52. The molecule has 1 N–H and O–H groups in total. The Morgan fingerprint density at radius 1 is 1.28 bits per heavy atom. The minimum absolute atomic E-state index is 0.225. The lowest BCUT2D eigenvalue weighted by Gasteiger charge is -2.16. The fraction of sp³-hybridized carbons (Fsp3) is 0.800. The molecule has 0 spiro atoms. The maximum atomic E-state index is 12.3. The van der Waals surface area contributed by atoms with Gasteiger partial charge in [-0.25, -0.2) is 0 Å². The number of alkyl halides is 4. The molecule has 1 aromatic rings. The number of nitrogens with one attached hydrogen (secondary N) is 1. The number of aromatic nitrogens is 2. The van der Waals surface area contributed by atoms with Crippen LogP contribution >= 0.6 is 22.9 Å². The van der Waals surface area contributed by atoms with Gasteiger partial charge in [-0.1, -0.05) is 17.8 Å². The normalized spacial score (nSPS) is 24.4. The monoisotopic (exact) mass is 299 g/mol. The number of nitrogens with zero attached hydrogens (tertiary/aromatic N) is 2. The summed E-state index contributed by atoms with van der Waals surface area (Å²) in [6.07, 6.45) is -1.12. The molecule has 1 aliphatic rings. The molecule has 0 amide bonds. The molecule has 1 aliphatic carbocycles. The first-order valence-corrected chi connectivity index (χ1v) is 7.06. The van der Waals surface area contributed by atoms with Gasteiger partial charge in [0.2, 0.25) is 10.1 Å². The van der Waals surface area contributed by atoms with Crippen LogP contribution in [0.5, 0.6) is 0 Å². The van der Waals surface area contributed by atoms with E-state index >= 15 is 0 Å². The van der Waals surface area contributed by atoms with E-state index in [9.17, 15) is 13.2 Å². The zero-order chi connectivity index (χ0) is 13.2. The molecule has 0 saturated heterocycles. The average Bonchev–Trinajstić information content (AvgIpc) is 2.94. The van der Waals surface area contributed by atoms with Crippen LogP contribution < -0.4 is 5.32 Å². The average molecular weight is 300 g/mol. The molecule has 1 fully saturated rings. The Kier molecular flexibility index (Phi) is 4.32.